The Morgan fingerprint density at radius 3 is 2.77 bits per heavy atom. The summed E-state index contributed by atoms with van der Waals surface area (Å²) in [5.74, 6) is 0.294. The summed E-state index contributed by atoms with van der Waals surface area (Å²) in [5.41, 5.74) is 10.5. The van der Waals surface area contributed by atoms with Gasteiger partial charge in [-0.3, -0.25) is 4.79 Å². The van der Waals surface area contributed by atoms with E-state index in [1.165, 1.54) is 12.4 Å². The minimum absolute atomic E-state index is 0.333. The van der Waals surface area contributed by atoms with E-state index in [1.807, 2.05) is 31.2 Å². The van der Waals surface area contributed by atoms with E-state index in [4.69, 9.17) is 5.73 Å². The van der Waals surface area contributed by atoms with Crippen LogP contribution in [-0.2, 0) is 4.79 Å². The number of nitrogens with zero attached hydrogens (tertiary/aromatic N) is 2. The van der Waals surface area contributed by atoms with E-state index in [2.05, 4.69) is 33.8 Å². The Balaban J connectivity index is 2.00. The number of aromatic nitrogens is 2. The zero-order valence-corrected chi connectivity index (χ0v) is 14.4. The summed E-state index contributed by atoms with van der Waals surface area (Å²) in [7, 11) is 0. The second-order valence-electron chi connectivity index (χ2n) is 5.86. The number of anilines is 4. The molecular formula is C20H19N5O. The molecule has 0 saturated heterocycles. The predicted octanol–water partition coefficient (Wildman–Crippen LogP) is 4.11. The topological polar surface area (TPSA) is 92.9 Å². The first-order valence-corrected chi connectivity index (χ1v) is 7.98. The number of hydrogen-bond donors (Lipinski definition) is 3. The summed E-state index contributed by atoms with van der Waals surface area (Å²) in [6.45, 7) is 9.36. The summed E-state index contributed by atoms with van der Waals surface area (Å²) in [5, 5.41) is 6.71. The third kappa shape index (κ3) is 3.54. The van der Waals surface area contributed by atoms with Crippen molar-refractivity contribution in [3.63, 3.8) is 0 Å². The number of rotatable bonds is 5. The quantitative estimate of drug-likeness (QED) is 0.478. The predicted molar refractivity (Wildman–Crippen MR) is 107 cm³/mol. The molecule has 1 amide bonds. The second-order valence-corrected chi connectivity index (χ2v) is 5.86. The van der Waals surface area contributed by atoms with Gasteiger partial charge in [0.25, 0.3) is 0 Å². The Labute approximate surface area is 151 Å². The molecule has 0 spiro atoms. The van der Waals surface area contributed by atoms with Gasteiger partial charge in [-0.15, -0.1) is 0 Å². The van der Waals surface area contributed by atoms with E-state index in [1.54, 1.807) is 12.1 Å². The van der Waals surface area contributed by atoms with Gasteiger partial charge in [-0.1, -0.05) is 30.9 Å². The lowest BCUT2D eigenvalue weighted by Gasteiger charge is -2.12. The lowest BCUT2D eigenvalue weighted by atomic mass is 10.1. The van der Waals surface area contributed by atoms with E-state index in [-0.39, 0.29) is 5.91 Å². The minimum Gasteiger partial charge on any atom is -0.397 e. The smallest absolute Gasteiger partial charge is 0.247 e. The van der Waals surface area contributed by atoms with Crippen molar-refractivity contribution < 1.29 is 4.79 Å². The largest absolute Gasteiger partial charge is 0.397 e. The van der Waals surface area contributed by atoms with Crippen LogP contribution >= 0.6 is 0 Å². The van der Waals surface area contributed by atoms with Crippen molar-refractivity contribution in [1.29, 1.82) is 0 Å². The Kier molecular flexibility index (Phi) is 4.66. The maximum Gasteiger partial charge on any atom is 0.247 e. The molecule has 6 nitrogen and oxygen atoms in total. The zero-order chi connectivity index (χ0) is 18.7. The maximum atomic E-state index is 11.5. The normalized spacial score (nSPS) is 10.3. The number of carbonyl (C=O) groups is 1. The van der Waals surface area contributed by atoms with Crippen LogP contribution in [0.25, 0.3) is 16.5 Å². The molecule has 0 aliphatic heterocycles. The fourth-order valence-electron chi connectivity index (χ4n) is 2.51. The number of benzene rings is 2. The van der Waals surface area contributed by atoms with Crippen molar-refractivity contribution in [2.75, 3.05) is 16.4 Å². The fourth-order valence-corrected chi connectivity index (χ4v) is 2.51. The molecule has 0 aliphatic carbocycles. The molecule has 6 heteroatoms. The van der Waals surface area contributed by atoms with E-state index in [0.717, 1.165) is 22.2 Å². The highest BCUT2D eigenvalue weighted by Gasteiger charge is 2.10. The molecule has 1 heterocycles. The third-order valence-corrected chi connectivity index (χ3v) is 3.87. The van der Waals surface area contributed by atoms with Crippen LogP contribution in [0.3, 0.4) is 0 Å². The third-order valence-electron chi connectivity index (χ3n) is 3.87. The van der Waals surface area contributed by atoms with Crippen LogP contribution in [0.5, 0.6) is 0 Å². The van der Waals surface area contributed by atoms with Crippen LogP contribution in [0.15, 0.2) is 62.0 Å². The standard InChI is InChI=1S/C20H19N5O/c1-4-19(26)25-18-10-17-15(9-16(18)21)20(23-11-22-17)24-14-7-5-6-13(8-14)12(2)3/h4-11H,1-2,21H2,3H3,(H,25,26)(H,22,23,24). The molecule has 0 unspecified atom stereocenters. The lowest BCUT2D eigenvalue weighted by molar-refractivity contribution is -0.111. The molecule has 0 bridgehead atoms. The number of allylic oxidation sites excluding steroid dienone is 1. The van der Waals surface area contributed by atoms with Crippen LogP contribution in [0.1, 0.15) is 12.5 Å². The summed E-state index contributed by atoms with van der Waals surface area (Å²) < 4.78 is 0. The highest BCUT2D eigenvalue weighted by molar-refractivity contribution is 6.04. The van der Waals surface area contributed by atoms with Gasteiger partial charge in [0.1, 0.15) is 12.1 Å². The van der Waals surface area contributed by atoms with Gasteiger partial charge in [0, 0.05) is 11.1 Å². The van der Waals surface area contributed by atoms with Gasteiger partial charge in [0.2, 0.25) is 5.91 Å². The molecule has 3 aromatic rings. The summed E-state index contributed by atoms with van der Waals surface area (Å²) in [4.78, 5) is 20.1. The van der Waals surface area contributed by atoms with Crippen LogP contribution in [-0.4, -0.2) is 15.9 Å². The van der Waals surface area contributed by atoms with Gasteiger partial charge in [-0.05, 0) is 42.8 Å². The van der Waals surface area contributed by atoms with E-state index >= 15 is 0 Å². The van der Waals surface area contributed by atoms with Gasteiger partial charge in [-0.25, -0.2) is 9.97 Å². The molecule has 0 atom stereocenters. The van der Waals surface area contributed by atoms with Gasteiger partial charge in [0.15, 0.2) is 0 Å². The van der Waals surface area contributed by atoms with Crippen LogP contribution in [0.2, 0.25) is 0 Å². The van der Waals surface area contributed by atoms with E-state index < -0.39 is 0 Å². The Bertz CT molecular complexity index is 1030. The SMILES string of the molecule is C=CC(=O)Nc1cc2ncnc(Nc3cccc(C(=C)C)c3)c2cc1N. The van der Waals surface area contributed by atoms with Crippen LogP contribution in [0.4, 0.5) is 22.9 Å². The number of carbonyl (C=O) groups excluding carboxylic acids is 1. The fraction of sp³-hybridized carbons (Fsp3) is 0.0500. The van der Waals surface area contributed by atoms with Crippen molar-refractivity contribution >= 4 is 45.3 Å². The number of fused-ring (bicyclic) bond motifs is 1. The van der Waals surface area contributed by atoms with Crippen LogP contribution < -0.4 is 16.4 Å². The number of nitrogens with one attached hydrogen (secondary N) is 2. The molecule has 0 fully saturated rings. The number of nitrogen functional groups attached to an aromatic ring is 1. The lowest BCUT2D eigenvalue weighted by Crippen LogP contribution is -2.09. The van der Waals surface area contributed by atoms with Crippen molar-refractivity contribution in [3.05, 3.63) is 67.5 Å². The highest BCUT2D eigenvalue weighted by Crippen LogP contribution is 2.30. The first-order chi connectivity index (χ1) is 12.5. The highest BCUT2D eigenvalue weighted by atomic mass is 16.1. The summed E-state index contributed by atoms with van der Waals surface area (Å²) in [6, 6.07) is 11.3. The molecule has 130 valence electrons. The molecule has 4 N–H and O–H groups in total. The number of amides is 1. The van der Waals surface area contributed by atoms with Gasteiger partial charge >= 0.3 is 0 Å². The van der Waals surface area contributed by atoms with Crippen molar-refractivity contribution in [1.82, 2.24) is 9.97 Å². The van der Waals surface area contributed by atoms with Gasteiger partial charge in [0.05, 0.1) is 16.9 Å². The van der Waals surface area contributed by atoms with Crippen LogP contribution in [0, 0.1) is 0 Å². The Morgan fingerprint density at radius 1 is 1.23 bits per heavy atom. The first-order valence-electron chi connectivity index (χ1n) is 7.98. The molecule has 0 radical (unpaired) electrons. The molecular weight excluding hydrogens is 326 g/mol. The summed E-state index contributed by atoms with van der Waals surface area (Å²) >= 11 is 0. The van der Waals surface area contributed by atoms with E-state index in [0.29, 0.717) is 22.7 Å². The first kappa shape index (κ1) is 17.2. The average Bonchev–Trinajstić information content (AvgIpc) is 2.63. The maximum absolute atomic E-state index is 11.5. The van der Waals surface area contributed by atoms with Gasteiger partial charge < -0.3 is 16.4 Å². The zero-order valence-electron chi connectivity index (χ0n) is 14.4. The molecule has 1 aromatic heterocycles. The van der Waals surface area contributed by atoms with Crippen molar-refractivity contribution in [2.45, 2.75) is 6.92 Å². The number of hydrogen-bond acceptors (Lipinski definition) is 5. The monoisotopic (exact) mass is 345 g/mol. The molecule has 0 aliphatic rings. The minimum atomic E-state index is -0.333. The summed E-state index contributed by atoms with van der Waals surface area (Å²) in [6.07, 6.45) is 2.65. The van der Waals surface area contributed by atoms with Crippen molar-refractivity contribution in [3.8, 4) is 0 Å². The molecule has 26 heavy (non-hydrogen) atoms. The Morgan fingerprint density at radius 2 is 2.04 bits per heavy atom. The average molecular weight is 345 g/mol. The molecule has 2 aromatic carbocycles. The molecule has 0 saturated carbocycles. The Hall–Kier alpha value is -3.67. The van der Waals surface area contributed by atoms with E-state index in [9.17, 15) is 4.79 Å². The molecule has 3 rings (SSSR count). The second kappa shape index (κ2) is 7.06. The van der Waals surface area contributed by atoms with Crippen molar-refractivity contribution in [2.24, 2.45) is 0 Å². The number of nitrogens with two attached hydrogens (primary N) is 1. The van der Waals surface area contributed by atoms with Gasteiger partial charge in [-0.2, -0.15) is 0 Å².